The van der Waals surface area contributed by atoms with E-state index in [1.165, 1.54) is 11.3 Å². The van der Waals surface area contributed by atoms with Gasteiger partial charge in [0, 0.05) is 44.0 Å². The SMILES string of the molecule is CC(O)C1CCCN(C(=O)Nc2ccc3c(c2)N(C)CC3)C1. The highest BCUT2D eigenvalue weighted by atomic mass is 16.3. The summed E-state index contributed by atoms with van der Waals surface area (Å²) < 4.78 is 0. The molecule has 2 aliphatic rings. The lowest BCUT2D eigenvalue weighted by Gasteiger charge is -2.34. The number of likely N-dealkylation sites (tertiary alicyclic amines) is 1. The Morgan fingerprint density at radius 2 is 2.23 bits per heavy atom. The number of carbonyl (C=O) groups is 1. The number of rotatable bonds is 2. The number of piperidine rings is 1. The number of hydrogen-bond acceptors (Lipinski definition) is 3. The highest BCUT2D eigenvalue weighted by Gasteiger charge is 2.26. The lowest BCUT2D eigenvalue weighted by atomic mass is 9.94. The van der Waals surface area contributed by atoms with Gasteiger partial charge in [-0.25, -0.2) is 4.79 Å². The molecule has 0 aliphatic carbocycles. The molecule has 2 amide bonds. The summed E-state index contributed by atoms with van der Waals surface area (Å²) in [5, 5.41) is 12.7. The van der Waals surface area contributed by atoms with Crippen LogP contribution in [0.25, 0.3) is 0 Å². The van der Waals surface area contributed by atoms with Crippen LogP contribution in [0.5, 0.6) is 0 Å². The van der Waals surface area contributed by atoms with Gasteiger partial charge in [-0.1, -0.05) is 6.07 Å². The van der Waals surface area contributed by atoms with Gasteiger partial charge in [-0.2, -0.15) is 0 Å². The third-order valence-electron chi connectivity index (χ3n) is 4.89. The first-order valence-corrected chi connectivity index (χ1v) is 8.12. The van der Waals surface area contributed by atoms with Crippen LogP contribution in [-0.4, -0.2) is 48.8 Å². The zero-order valence-electron chi connectivity index (χ0n) is 13.4. The van der Waals surface area contributed by atoms with E-state index in [0.717, 1.165) is 38.0 Å². The summed E-state index contributed by atoms with van der Waals surface area (Å²) >= 11 is 0. The zero-order valence-corrected chi connectivity index (χ0v) is 13.4. The van der Waals surface area contributed by atoms with E-state index >= 15 is 0 Å². The lowest BCUT2D eigenvalue weighted by Crippen LogP contribution is -2.44. The van der Waals surface area contributed by atoms with Crippen LogP contribution in [0.2, 0.25) is 0 Å². The van der Waals surface area contributed by atoms with E-state index in [9.17, 15) is 9.90 Å². The van der Waals surface area contributed by atoms with Crippen LogP contribution < -0.4 is 10.2 Å². The molecule has 2 N–H and O–H groups in total. The molecule has 5 heteroatoms. The molecule has 2 atom stereocenters. The average Bonchev–Trinajstić information content (AvgIpc) is 2.88. The van der Waals surface area contributed by atoms with Crippen LogP contribution in [0.1, 0.15) is 25.3 Å². The van der Waals surface area contributed by atoms with Crippen LogP contribution in [0.4, 0.5) is 16.2 Å². The molecule has 1 aromatic rings. The molecule has 0 bridgehead atoms. The topological polar surface area (TPSA) is 55.8 Å². The standard InChI is InChI=1S/C17H25N3O2/c1-12(21)14-4-3-8-20(11-14)17(22)18-15-6-5-13-7-9-19(2)16(13)10-15/h5-6,10,12,14,21H,3-4,7-9,11H2,1-2H3,(H,18,22). The third-order valence-corrected chi connectivity index (χ3v) is 4.89. The van der Waals surface area contributed by atoms with Crippen LogP contribution in [0.3, 0.4) is 0 Å². The number of fused-ring (bicyclic) bond motifs is 1. The second-order valence-corrected chi connectivity index (χ2v) is 6.53. The van der Waals surface area contributed by atoms with Gasteiger partial charge in [0.25, 0.3) is 0 Å². The number of anilines is 2. The molecule has 3 rings (SSSR count). The number of carbonyl (C=O) groups excluding carboxylic acids is 1. The fraction of sp³-hybridized carbons (Fsp3) is 0.588. The molecular weight excluding hydrogens is 278 g/mol. The molecule has 1 aromatic carbocycles. The summed E-state index contributed by atoms with van der Waals surface area (Å²) in [6.45, 7) is 4.24. The quantitative estimate of drug-likeness (QED) is 0.881. The first kappa shape index (κ1) is 15.2. The van der Waals surface area contributed by atoms with Crippen molar-refractivity contribution in [1.29, 1.82) is 0 Å². The molecule has 0 aromatic heterocycles. The highest BCUT2D eigenvalue weighted by molar-refractivity contribution is 5.90. The number of nitrogens with zero attached hydrogens (tertiary/aromatic N) is 2. The maximum atomic E-state index is 12.4. The zero-order chi connectivity index (χ0) is 15.7. The predicted octanol–water partition coefficient (Wildman–Crippen LogP) is 2.30. The maximum Gasteiger partial charge on any atom is 0.321 e. The summed E-state index contributed by atoms with van der Waals surface area (Å²) in [7, 11) is 2.08. The summed E-state index contributed by atoms with van der Waals surface area (Å²) in [6.07, 6.45) is 2.66. The second kappa shape index (κ2) is 6.16. The number of urea groups is 1. The van der Waals surface area contributed by atoms with Crippen molar-refractivity contribution in [2.45, 2.75) is 32.3 Å². The molecule has 1 fully saturated rings. The number of hydrogen-bond donors (Lipinski definition) is 2. The van der Waals surface area contributed by atoms with Gasteiger partial charge in [-0.05, 0) is 43.9 Å². The van der Waals surface area contributed by atoms with Crippen molar-refractivity contribution in [2.75, 3.05) is 36.9 Å². The van der Waals surface area contributed by atoms with Crippen molar-refractivity contribution < 1.29 is 9.90 Å². The minimum Gasteiger partial charge on any atom is -0.393 e. The summed E-state index contributed by atoms with van der Waals surface area (Å²) in [5.74, 6) is 0.186. The maximum absolute atomic E-state index is 12.4. The molecule has 0 spiro atoms. The van der Waals surface area contributed by atoms with E-state index in [1.807, 2.05) is 17.9 Å². The first-order valence-electron chi connectivity index (χ1n) is 8.12. The Balaban J connectivity index is 1.66. The smallest absolute Gasteiger partial charge is 0.321 e. The normalized spacial score (nSPS) is 22.4. The molecule has 0 radical (unpaired) electrons. The van der Waals surface area contributed by atoms with Crippen molar-refractivity contribution >= 4 is 17.4 Å². The van der Waals surface area contributed by atoms with E-state index in [4.69, 9.17) is 0 Å². The molecular formula is C17H25N3O2. The minimum absolute atomic E-state index is 0.0639. The first-order chi connectivity index (χ1) is 10.5. The van der Waals surface area contributed by atoms with Crippen molar-refractivity contribution in [3.63, 3.8) is 0 Å². The van der Waals surface area contributed by atoms with E-state index in [1.54, 1.807) is 0 Å². The predicted molar refractivity (Wildman–Crippen MR) is 88.4 cm³/mol. The molecule has 2 unspecified atom stereocenters. The Hall–Kier alpha value is -1.75. The van der Waals surface area contributed by atoms with E-state index in [-0.39, 0.29) is 18.1 Å². The number of aliphatic hydroxyl groups is 1. The molecule has 2 aliphatic heterocycles. The molecule has 22 heavy (non-hydrogen) atoms. The molecule has 120 valence electrons. The van der Waals surface area contributed by atoms with Gasteiger partial charge in [0.1, 0.15) is 0 Å². The number of amides is 2. The van der Waals surface area contributed by atoms with Crippen LogP contribution in [-0.2, 0) is 6.42 Å². The van der Waals surface area contributed by atoms with Gasteiger partial charge in [0.2, 0.25) is 0 Å². The second-order valence-electron chi connectivity index (χ2n) is 6.53. The highest BCUT2D eigenvalue weighted by Crippen LogP contribution is 2.30. The van der Waals surface area contributed by atoms with Crippen molar-refractivity contribution in [2.24, 2.45) is 5.92 Å². The number of likely N-dealkylation sites (N-methyl/N-ethyl adjacent to an activating group) is 1. The molecule has 0 saturated carbocycles. The number of benzene rings is 1. The monoisotopic (exact) mass is 303 g/mol. The molecule has 5 nitrogen and oxygen atoms in total. The van der Waals surface area contributed by atoms with Gasteiger partial charge in [0.05, 0.1) is 6.10 Å². The van der Waals surface area contributed by atoms with Crippen molar-refractivity contribution in [1.82, 2.24) is 4.90 Å². The Morgan fingerprint density at radius 3 is 3.00 bits per heavy atom. The fourth-order valence-corrected chi connectivity index (χ4v) is 3.41. The largest absolute Gasteiger partial charge is 0.393 e. The van der Waals surface area contributed by atoms with Gasteiger partial charge >= 0.3 is 6.03 Å². The Labute approximate surface area is 131 Å². The fourth-order valence-electron chi connectivity index (χ4n) is 3.41. The van der Waals surface area contributed by atoms with Gasteiger partial charge in [-0.15, -0.1) is 0 Å². The Morgan fingerprint density at radius 1 is 1.41 bits per heavy atom. The van der Waals surface area contributed by atoms with E-state index < -0.39 is 0 Å². The van der Waals surface area contributed by atoms with Crippen LogP contribution >= 0.6 is 0 Å². The van der Waals surface area contributed by atoms with E-state index in [2.05, 4.69) is 29.4 Å². The average molecular weight is 303 g/mol. The van der Waals surface area contributed by atoms with Crippen molar-refractivity contribution in [3.05, 3.63) is 23.8 Å². The van der Waals surface area contributed by atoms with Gasteiger partial charge in [0.15, 0.2) is 0 Å². The molecule has 2 heterocycles. The van der Waals surface area contributed by atoms with Crippen molar-refractivity contribution in [3.8, 4) is 0 Å². The van der Waals surface area contributed by atoms with Crippen LogP contribution in [0.15, 0.2) is 18.2 Å². The summed E-state index contributed by atoms with van der Waals surface area (Å²) in [5.41, 5.74) is 3.39. The van der Waals surface area contributed by atoms with Crippen LogP contribution in [0, 0.1) is 5.92 Å². The Kier molecular flexibility index (Phi) is 4.25. The lowest BCUT2D eigenvalue weighted by molar-refractivity contribution is 0.0766. The number of aliphatic hydroxyl groups excluding tert-OH is 1. The van der Waals surface area contributed by atoms with Gasteiger partial charge in [-0.3, -0.25) is 0 Å². The van der Waals surface area contributed by atoms with E-state index in [0.29, 0.717) is 6.54 Å². The number of nitrogens with one attached hydrogen (secondary N) is 1. The third kappa shape index (κ3) is 3.04. The molecule has 1 saturated heterocycles. The Bertz CT molecular complexity index is 559. The summed E-state index contributed by atoms with van der Waals surface area (Å²) in [6, 6.07) is 6.07. The van der Waals surface area contributed by atoms with Gasteiger partial charge < -0.3 is 20.2 Å². The minimum atomic E-state index is -0.357. The summed E-state index contributed by atoms with van der Waals surface area (Å²) in [4.78, 5) is 16.5.